The monoisotopic (exact) mass is 401 g/mol. The largest absolute Gasteiger partial charge is 0.348 e. The Bertz CT molecular complexity index is 1020. The molecular formula is C20H17Cl2N3O2. The number of hydrogen-bond donors (Lipinski definition) is 1. The number of nitrogens with zero attached hydrogens (tertiary/aromatic N) is 2. The standard InChI is InChI=1S/C20H17Cl2N3O2/c1-13(14-5-3-2-4-6-14)23-19(26)12-25-20(27)10-9-18(24-25)15-7-8-16(21)17(22)11-15/h2-11,13H,12H2,1H3,(H,23,26). The number of rotatable bonds is 5. The molecule has 0 aliphatic rings. The first-order chi connectivity index (χ1) is 12.9. The molecule has 0 saturated carbocycles. The number of nitrogens with one attached hydrogen (secondary N) is 1. The first kappa shape index (κ1) is 19.1. The second kappa shape index (κ2) is 8.37. The summed E-state index contributed by atoms with van der Waals surface area (Å²) < 4.78 is 1.13. The summed E-state index contributed by atoms with van der Waals surface area (Å²) in [6.45, 7) is 1.71. The van der Waals surface area contributed by atoms with Gasteiger partial charge in [0.15, 0.2) is 0 Å². The molecular weight excluding hydrogens is 385 g/mol. The number of benzene rings is 2. The van der Waals surface area contributed by atoms with E-state index in [2.05, 4.69) is 10.4 Å². The third-order valence-electron chi connectivity index (χ3n) is 4.05. The van der Waals surface area contributed by atoms with Crippen LogP contribution in [0.25, 0.3) is 11.3 Å². The molecule has 3 aromatic rings. The van der Waals surface area contributed by atoms with Gasteiger partial charge in [0.25, 0.3) is 5.56 Å². The zero-order chi connectivity index (χ0) is 19.4. The highest BCUT2D eigenvalue weighted by atomic mass is 35.5. The third-order valence-corrected chi connectivity index (χ3v) is 4.79. The molecule has 0 spiro atoms. The Morgan fingerprint density at radius 1 is 1.07 bits per heavy atom. The molecule has 0 fully saturated rings. The number of aromatic nitrogens is 2. The van der Waals surface area contributed by atoms with Crippen molar-refractivity contribution in [3.05, 3.63) is 86.6 Å². The molecule has 0 bridgehead atoms. The maximum absolute atomic E-state index is 12.3. The molecule has 0 aliphatic carbocycles. The van der Waals surface area contributed by atoms with E-state index in [1.165, 1.54) is 6.07 Å². The van der Waals surface area contributed by atoms with Gasteiger partial charge in [-0.25, -0.2) is 4.68 Å². The second-order valence-electron chi connectivity index (χ2n) is 6.04. The van der Waals surface area contributed by atoms with Gasteiger partial charge in [0, 0.05) is 11.6 Å². The van der Waals surface area contributed by atoms with Gasteiger partial charge in [-0.05, 0) is 30.7 Å². The van der Waals surface area contributed by atoms with Crippen LogP contribution < -0.4 is 10.9 Å². The van der Waals surface area contributed by atoms with E-state index >= 15 is 0 Å². The maximum Gasteiger partial charge on any atom is 0.267 e. The van der Waals surface area contributed by atoms with Crippen molar-refractivity contribution in [1.82, 2.24) is 15.1 Å². The molecule has 0 radical (unpaired) electrons. The summed E-state index contributed by atoms with van der Waals surface area (Å²) in [6, 6.07) is 17.5. The number of carbonyl (C=O) groups is 1. The van der Waals surface area contributed by atoms with Gasteiger partial charge >= 0.3 is 0 Å². The number of halogens is 2. The predicted octanol–water partition coefficient (Wildman–Crippen LogP) is 4.09. The molecule has 7 heteroatoms. The normalized spacial score (nSPS) is 11.8. The zero-order valence-electron chi connectivity index (χ0n) is 14.5. The van der Waals surface area contributed by atoms with Crippen molar-refractivity contribution in [2.24, 2.45) is 0 Å². The molecule has 1 unspecified atom stereocenters. The second-order valence-corrected chi connectivity index (χ2v) is 6.86. The summed E-state index contributed by atoms with van der Waals surface area (Å²) in [5, 5.41) is 7.97. The van der Waals surface area contributed by atoms with Crippen LogP contribution in [0.1, 0.15) is 18.5 Å². The van der Waals surface area contributed by atoms with Crippen molar-refractivity contribution in [3.8, 4) is 11.3 Å². The fraction of sp³-hybridized carbons (Fsp3) is 0.150. The zero-order valence-corrected chi connectivity index (χ0v) is 16.0. The van der Waals surface area contributed by atoms with Gasteiger partial charge in [-0.3, -0.25) is 9.59 Å². The van der Waals surface area contributed by atoms with Gasteiger partial charge in [-0.2, -0.15) is 5.10 Å². The van der Waals surface area contributed by atoms with Gasteiger partial charge in [0.2, 0.25) is 5.91 Å². The van der Waals surface area contributed by atoms with Crippen molar-refractivity contribution in [2.45, 2.75) is 19.5 Å². The van der Waals surface area contributed by atoms with Gasteiger partial charge < -0.3 is 5.32 Å². The van der Waals surface area contributed by atoms with Gasteiger partial charge in [0.1, 0.15) is 6.54 Å². The molecule has 2 aromatic carbocycles. The Hall–Kier alpha value is -2.63. The number of carbonyl (C=O) groups excluding carboxylic acids is 1. The van der Waals surface area contributed by atoms with Gasteiger partial charge in [-0.1, -0.05) is 59.6 Å². The van der Waals surface area contributed by atoms with Crippen LogP contribution in [0, 0.1) is 0 Å². The predicted molar refractivity (Wildman–Crippen MR) is 107 cm³/mol. The van der Waals surface area contributed by atoms with Crippen LogP contribution in [0.2, 0.25) is 10.0 Å². The van der Waals surface area contributed by atoms with Gasteiger partial charge in [0.05, 0.1) is 21.8 Å². The fourth-order valence-electron chi connectivity index (χ4n) is 2.62. The lowest BCUT2D eigenvalue weighted by Crippen LogP contribution is -2.34. The SMILES string of the molecule is CC(NC(=O)Cn1nc(-c2ccc(Cl)c(Cl)c2)ccc1=O)c1ccccc1. The first-order valence-corrected chi connectivity index (χ1v) is 9.07. The maximum atomic E-state index is 12.3. The van der Waals surface area contributed by atoms with Crippen molar-refractivity contribution < 1.29 is 4.79 Å². The summed E-state index contributed by atoms with van der Waals surface area (Å²) in [4.78, 5) is 24.4. The van der Waals surface area contributed by atoms with E-state index in [9.17, 15) is 9.59 Å². The van der Waals surface area contributed by atoms with Gasteiger partial charge in [-0.15, -0.1) is 0 Å². The Morgan fingerprint density at radius 2 is 1.81 bits per heavy atom. The van der Waals surface area contributed by atoms with E-state index in [1.54, 1.807) is 24.3 Å². The van der Waals surface area contributed by atoms with Crippen LogP contribution in [-0.4, -0.2) is 15.7 Å². The highest BCUT2D eigenvalue weighted by molar-refractivity contribution is 6.42. The van der Waals surface area contributed by atoms with Crippen molar-refractivity contribution in [1.29, 1.82) is 0 Å². The molecule has 138 valence electrons. The molecule has 1 heterocycles. The van der Waals surface area contributed by atoms with Crippen LogP contribution in [0.5, 0.6) is 0 Å². The van der Waals surface area contributed by atoms with E-state index in [-0.39, 0.29) is 24.1 Å². The van der Waals surface area contributed by atoms with Crippen LogP contribution in [-0.2, 0) is 11.3 Å². The summed E-state index contributed by atoms with van der Waals surface area (Å²) in [6.07, 6.45) is 0. The lowest BCUT2D eigenvalue weighted by Gasteiger charge is -2.15. The Labute approximate surface area is 166 Å². The van der Waals surface area contributed by atoms with Crippen LogP contribution in [0.4, 0.5) is 0 Å². The van der Waals surface area contributed by atoms with Crippen molar-refractivity contribution in [2.75, 3.05) is 0 Å². The average molecular weight is 402 g/mol. The van der Waals surface area contributed by atoms with E-state index in [4.69, 9.17) is 23.2 Å². The molecule has 0 aliphatic heterocycles. The van der Waals surface area contributed by atoms with Crippen LogP contribution >= 0.6 is 23.2 Å². The minimum Gasteiger partial charge on any atom is -0.348 e. The highest BCUT2D eigenvalue weighted by Crippen LogP contribution is 2.27. The molecule has 1 atom stereocenters. The van der Waals surface area contributed by atoms with Crippen LogP contribution in [0.3, 0.4) is 0 Å². The fourth-order valence-corrected chi connectivity index (χ4v) is 2.92. The average Bonchev–Trinajstić information content (AvgIpc) is 2.66. The Balaban J connectivity index is 1.77. The lowest BCUT2D eigenvalue weighted by atomic mass is 10.1. The summed E-state index contributed by atoms with van der Waals surface area (Å²) in [5.74, 6) is -0.299. The molecule has 3 rings (SSSR count). The molecule has 1 amide bonds. The smallest absolute Gasteiger partial charge is 0.267 e. The highest BCUT2D eigenvalue weighted by Gasteiger charge is 2.12. The van der Waals surface area contributed by atoms with E-state index in [1.807, 2.05) is 37.3 Å². The van der Waals surface area contributed by atoms with E-state index < -0.39 is 0 Å². The summed E-state index contributed by atoms with van der Waals surface area (Å²) in [5.41, 5.74) is 1.85. The molecule has 0 saturated heterocycles. The third kappa shape index (κ3) is 4.76. The van der Waals surface area contributed by atoms with Crippen molar-refractivity contribution in [3.63, 3.8) is 0 Å². The number of amides is 1. The van der Waals surface area contributed by atoms with E-state index in [0.717, 1.165) is 10.2 Å². The topological polar surface area (TPSA) is 64.0 Å². The Kier molecular flexibility index (Phi) is 5.94. The van der Waals surface area contributed by atoms with Crippen molar-refractivity contribution >= 4 is 29.1 Å². The minimum absolute atomic E-state index is 0.173. The summed E-state index contributed by atoms with van der Waals surface area (Å²) >= 11 is 12.0. The summed E-state index contributed by atoms with van der Waals surface area (Å²) in [7, 11) is 0. The molecule has 1 aromatic heterocycles. The quantitative estimate of drug-likeness (QED) is 0.699. The molecule has 1 N–H and O–H groups in total. The van der Waals surface area contributed by atoms with Crippen LogP contribution in [0.15, 0.2) is 65.5 Å². The lowest BCUT2D eigenvalue weighted by molar-refractivity contribution is -0.122. The van der Waals surface area contributed by atoms with E-state index in [0.29, 0.717) is 21.3 Å². The Morgan fingerprint density at radius 3 is 2.52 bits per heavy atom. The molecule has 27 heavy (non-hydrogen) atoms. The first-order valence-electron chi connectivity index (χ1n) is 8.32. The minimum atomic E-state index is -0.360. The number of hydrogen-bond acceptors (Lipinski definition) is 3. The molecule has 5 nitrogen and oxygen atoms in total.